The van der Waals surface area contributed by atoms with E-state index in [4.69, 9.17) is 0 Å². The normalized spacial score (nSPS) is 23.2. The van der Waals surface area contributed by atoms with Gasteiger partial charge >= 0.3 is 0 Å². The summed E-state index contributed by atoms with van der Waals surface area (Å²) in [7, 11) is -2.97. The molecule has 2 fully saturated rings. The van der Waals surface area contributed by atoms with E-state index in [-0.39, 0.29) is 23.5 Å². The summed E-state index contributed by atoms with van der Waals surface area (Å²) in [5, 5.41) is 0. The van der Waals surface area contributed by atoms with Crippen molar-refractivity contribution < 1.29 is 13.2 Å². The van der Waals surface area contributed by atoms with Crippen LogP contribution in [0.1, 0.15) is 18.9 Å². The molecule has 0 saturated carbocycles. The number of piperazine rings is 1. The van der Waals surface area contributed by atoms with Crippen molar-refractivity contribution in [1.82, 2.24) is 9.80 Å². The van der Waals surface area contributed by atoms with Crippen LogP contribution in [0.4, 0.5) is 5.69 Å². The lowest BCUT2D eigenvalue weighted by Gasteiger charge is -2.37. The van der Waals surface area contributed by atoms with Crippen molar-refractivity contribution in [3.8, 4) is 0 Å². The number of carbonyl (C=O) groups excluding carboxylic acids is 1. The maximum absolute atomic E-state index is 12.7. The number of sulfone groups is 1. The minimum absolute atomic E-state index is 0.0543. The number of likely N-dealkylation sites (N-methyl/N-ethyl adjacent to an activating group) is 1. The smallest absolute Gasteiger partial charge is 0.237 e. The lowest BCUT2D eigenvalue weighted by atomic mass is 10.2. The van der Waals surface area contributed by atoms with Crippen LogP contribution in [-0.2, 0) is 14.6 Å². The van der Waals surface area contributed by atoms with Gasteiger partial charge in [-0.05, 0) is 38.0 Å². The van der Waals surface area contributed by atoms with Crippen LogP contribution >= 0.6 is 0 Å². The third kappa shape index (κ3) is 4.57. The van der Waals surface area contributed by atoms with Gasteiger partial charge in [0.15, 0.2) is 9.84 Å². The number of carbonyl (C=O) groups is 1. The monoisotopic (exact) mass is 379 g/mol. The summed E-state index contributed by atoms with van der Waals surface area (Å²) < 4.78 is 23.4. The number of rotatable bonds is 5. The maximum atomic E-state index is 12.7. The fourth-order valence-electron chi connectivity index (χ4n) is 3.93. The van der Waals surface area contributed by atoms with Crippen LogP contribution in [0, 0.1) is 6.92 Å². The van der Waals surface area contributed by atoms with Crippen molar-refractivity contribution >= 4 is 21.4 Å². The molecule has 2 aliphatic heterocycles. The van der Waals surface area contributed by atoms with Gasteiger partial charge in [0.25, 0.3) is 0 Å². The molecule has 7 heteroatoms. The molecular formula is C19H29N3O3S. The number of hydrogen-bond donors (Lipinski definition) is 0. The highest BCUT2D eigenvalue weighted by molar-refractivity contribution is 7.91. The molecule has 1 amide bonds. The van der Waals surface area contributed by atoms with Crippen molar-refractivity contribution in [2.45, 2.75) is 26.3 Å². The number of benzene rings is 1. The van der Waals surface area contributed by atoms with E-state index >= 15 is 0 Å². The number of amides is 1. The first-order chi connectivity index (χ1) is 12.4. The lowest BCUT2D eigenvalue weighted by Crippen LogP contribution is -2.51. The van der Waals surface area contributed by atoms with Crippen LogP contribution in [0.15, 0.2) is 24.3 Å². The van der Waals surface area contributed by atoms with E-state index in [0.717, 1.165) is 26.2 Å². The SMILES string of the molecule is CCN(C(=O)CN1CCN(c2cccc(C)c2)CC1)C1CCS(=O)(=O)C1. The second-order valence-corrected chi connectivity index (χ2v) is 9.57. The summed E-state index contributed by atoms with van der Waals surface area (Å²) in [4.78, 5) is 19.0. The van der Waals surface area contributed by atoms with Crippen molar-refractivity contribution in [3.05, 3.63) is 29.8 Å². The standard InChI is InChI=1S/C19H29N3O3S/c1-3-22(18-7-12-26(24,25)15-18)19(23)14-20-8-10-21(11-9-20)17-6-4-5-16(2)13-17/h4-6,13,18H,3,7-12,14-15H2,1-2H3. The quantitative estimate of drug-likeness (QED) is 0.768. The third-order valence-electron chi connectivity index (χ3n) is 5.41. The number of aryl methyl sites for hydroxylation is 1. The van der Waals surface area contributed by atoms with Crippen molar-refractivity contribution in [2.24, 2.45) is 0 Å². The molecule has 144 valence electrons. The fraction of sp³-hybridized carbons (Fsp3) is 0.632. The Morgan fingerprint density at radius 1 is 1.23 bits per heavy atom. The van der Waals surface area contributed by atoms with Crippen molar-refractivity contribution in [1.29, 1.82) is 0 Å². The number of hydrogen-bond acceptors (Lipinski definition) is 5. The molecule has 0 bridgehead atoms. The largest absolute Gasteiger partial charge is 0.369 e. The number of nitrogens with zero attached hydrogens (tertiary/aromatic N) is 3. The van der Waals surface area contributed by atoms with Crippen LogP contribution in [0.3, 0.4) is 0 Å². The van der Waals surface area contributed by atoms with E-state index in [2.05, 4.69) is 41.0 Å². The van der Waals surface area contributed by atoms with Gasteiger partial charge in [-0.1, -0.05) is 12.1 Å². The zero-order chi connectivity index (χ0) is 18.7. The molecule has 1 unspecified atom stereocenters. The van der Waals surface area contributed by atoms with E-state index < -0.39 is 9.84 Å². The van der Waals surface area contributed by atoms with Crippen molar-refractivity contribution in [3.63, 3.8) is 0 Å². The van der Waals surface area contributed by atoms with Crippen LogP contribution in [0.5, 0.6) is 0 Å². The van der Waals surface area contributed by atoms with E-state index in [0.29, 0.717) is 19.5 Å². The van der Waals surface area contributed by atoms with Crippen LogP contribution < -0.4 is 4.90 Å². The molecule has 0 aliphatic carbocycles. The van der Waals surface area contributed by atoms with E-state index in [1.54, 1.807) is 4.90 Å². The summed E-state index contributed by atoms with van der Waals surface area (Å²) in [5.74, 6) is 0.378. The zero-order valence-corrected chi connectivity index (χ0v) is 16.5. The summed E-state index contributed by atoms with van der Waals surface area (Å²) in [6.45, 7) is 8.48. The molecule has 0 aromatic heterocycles. The van der Waals surface area contributed by atoms with Gasteiger partial charge in [-0.2, -0.15) is 0 Å². The first-order valence-electron chi connectivity index (χ1n) is 9.42. The minimum atomic E-state index is -2.97. The molecule has 1 aromatic rings. The van der Waals surface area contributed by atoms with Gasteiger partial charge < -0.3 is 9.80 Å². The minimum Gasteiger partial charge on any atom is -0.369 e. The average molecular weight is 380 g/mol. The Morgan fingerprint density at radius 2 is 1.96 bits per heavy atom. The van der Waals surface area contributed by atoms with Crippen LogP contribution in [0.25, 0.3) is 0 Å². The van der Waals surface area contributed by atoms with Gasteiger partial charge in [0, 0.05) is 44.5 Å². The average Bonchev–Trinajstić information content (AvgIpc) is 2.96. The van der Waals surface area contributed by atoms with Gasteiger partial charge in [0.1, 0.15) is 0 Å². The molecule has 2 heterocycles. The Kier molecular flexibility index (Phi) is 5.87. The summed E-state index contributed by atoms with van der Waals surface area (Å²) in [5.41, 5.74) is 2.49. The summed E-state index contributed by atoms with van der Waals surface area (Å²) in [6.07, 6.45) is 0.572. The molecule has 0 radical (unpaired) electrons. The molecule has 2 saturated heterocycles. The van der Waals surface area contributed by atoms with Gasteiger partial charge in [0.05, 0.1) is 18.1 Å². The molecule has 26 heavy (non-hydrogen) atoms. The van der Waals surface area contributed by atoms with Gasteiger partial charge in [-0.3, -0.25) is 9.69 Å². The molecule has 6 nitrogen and oxygen atoms in total. The molecule has 1 aromatic carbocycles. The summed E-state index contributed by atoms with van der Waals surface area (Å²) >= 11 is 0. The molecule has 0 spiro atoms. The van der Waals surface area contributed by atoms with Crippen LogP contribution in [-0.4, -0.2) is 80.9 Å². The zero-order valence-electron chi connectivity index (χ0n) is 15.7. The Bertz CT molecular complexity index is 742. The molecule has 3 rings (SSSR count). The fourth-order valence-corrected chi connectivity index (χ4v) is 5.66. The highest BCUT2D eigenvalue weighted by Gasteiger charge is 2.34. The molecular weight excluding hydrogens is 350 g/mol. The predicted molar refractivity (Wildman–Crippen MR) is 104 cm³/mol. The Hall–Kier alpha value is -1.60. The van der Waals surface area contributed by atoms with Gasteiger partial charge in [-0.15, -0.1) is 0 Å². The Labute approximate surface area is 156 Å². The first kappa shape index (κ1) is 19.2. The molecule has 2 aliphatic rings. The van der Waals surface area contributed by atoms with Gasteiger partial charge in [0.2, 0.25) is 5.91 Å². The first-order valence-corrected chi connectivity index (χ1v) is 11.2. The lowest BCUT2D eigenvalue weighted by molar-refractivity contribution is -0.134. The maximum Gasteiger partial charge on any atom is 0.237 e. The van der Waals surface area contributed by atoms with E-state index in [1.165, 1.54) is 11.3 Å². The molecule has 1 atom stereocenters. The van der Waals surface area contributed by atoms with Crippen LogP contribution in [0.2, 0.25) is 0 Å². The van der Waals surface area contributed by atoms with E-state index in [9.17, 15) is 13.2 Å². The second-order valence-electron chi connectivity index (χ2n) is 7.34. The highest BCUT2D eigenvalue weighted by Crippen LogP contribution is 2.20. The predicted octanol–water partition coefficient (Wildman–Crippen LogP) is 1.15. The molecule has 0 N–H and O–H groups in total. The third-order valence-corrected chi connectivity index (χ3v) is 7.16. The van der Waals surface area contributed by atoms with Crippen molar-refractivity contribution in [2.75, 3.05) is 55.7 Å². The summed E-state index contributed by atoms with van der Waals surface area (Å²) in [6, 6.07) is 8.36. The second kappa shape index (κ2) is 7.96. The topological polar surface area (TPSA) is 60.9 Å². The van der Waals surface area contributed by atoms with E-state index in [1.807, 2.05) is 6.92 Å². The Balaban J connectivity index is 1.52. The Morgan fingerprint density at radius 3 is 2.54 bits per heavy atom. The highest BCUT2D eigenvalue weighted by atomic mass is 32.2. The number of anilines is 1. The van der Waals surface area contributed by atoms with Gasteiger partial charge in [-0.25, -0.2) is 8.42 Å².